The molecule has 0 saturated carbocycles. The van der Waals surface area contributed by atoms with E-state index in [2.05, 4.69) is 5.16 Å². The van der Waals surface area contributed by atoms with Gasteiger partial charge in [0, 0.05) is 12.7 Å². The zero-order chi connectivity index (χ0) is 10.9. The summed E-state index contributed by atoms with van der Waals surface area (Å²) < 4.78 is 10.4. The molecule has 0 aliphatic carbocycles. The van der Waals surface area contributed by atoms with E-state index in [4.69, 9.17) is 14.4 Å². The minimum atomic E-state index is -1.06. The van der Waals surface area contributed by atoms with Crippen LogP contribution in [0.25, 0.3) is 0 Å². The fraction of sp³-hybridized carbons (Fsp3) is 0.600. The highest BCUT2D eigenvalue weighted by molar-refractivity contribution is 5.85. The number of nitrogens with zero attached hydrogens (tertiary/aromatic N) is 1. The van der Waals surface area contributed by atoms with Gasteiger partial charge in [0.1, 0.15) is 5.76 Å². The quantitative estimate of drug-likeness (QED) is 0.801. The van der Waals surface area contributed by atoms with E-state index >= 15 is 0 Å². The molecular formula is C10H13NO4. The monoisotopic (exact) mass is 211 g/mol. The van der Waals surface area contributed by atoms with Crippen LogP contribution >= 0.6 is 0 Å². The van der Waals surface area contributed by atoms with Gasteiger partial charge in [-0.2, -0.15) is 0 Å². The molecule has 5 heteroatoms. The predicted octanol–water partition coefficient (Wildman–Crippen LogP) is 1.44. The maximum atomic E-state index is 10.6. The SMILES string of the molecule is CC1(c2cc(C(=O)O)no2)CCCOC1. The van der Waals surface area contributed by atoms with Crippen LogP contribution in [0, 0.1) is 0 Å². The molecule has 1 unspecified atom stereocenters. The molecule has 82 valence electrons. The topological polar surface area (TPSA) is 72.6 Å². The average Bonchev–Trinajstić information content (AvgIpc) is 2.68. The van der Waals surface area contributed by atoms with Crippen LogP contribution in [0.5, 0.6) is 0 Å². The number of hydrogen-bond acceptors (Lipinski definition) is 4. The van der Waals surface area contributed by atoms with Crippen LogP contribution in [0.15, 0.2) is 10.6 Å². The highest BCUT2D eigenvalue weighted by Crippen LogP contribution is 2.32. The van der Waals surface area contributed by atoms with Crippen molar-refractivity contribution in [3.05, 3.63) is 17.5 Å². The zero-order valence-electron chi connectivity index (χ0n) is 8.52. The largest absolute Gasteiger partial charge is 0.476 e. The van der Waals surface area contributed by atoms with Gasteiger partial charge >= 0.3 is 5.97 Å². The van der Waals surface area contributed by atoms with Crippen LogP contribution in [0.2, 0.25) is 0 Å². The van der Waals surface area contributed by atoms with E-state index in [-0.39, 0.29) is 11.1 Å². The first-order valence-corrected chi connectivity index (χ1v) is 4.90. The summed E-state index contributed by atoms with van der Waals surface area (Å²) in [4.78, 5) is 10.6. The number of carbonyl (C=O) groups is 1. The molecule has 1 fully saturated rings. The molecule has 1 aromatic rings. The molecule has 1 saturated heterocycles. The fourth-order valence-electron chi connectivity index (χ4n) is 1.79. The molecular weight excluding hydrogens is 198 g/mol. The zero-order valence-corrected chi connectivity index (χ0v) is 8.52. The molecule has 0 radical (unpaired) electrons. The van der Waals surface area contributed by atoms with E-state index in [0.717, 1.165) is 19.4 Å². The number of rotatable bonds is 2. The van der Waals surface area contributed by atoms with Gasteiger partial charge in [-0.3, -0.25) is 0 Å². The number of hydrogen-bond donors (Lipinski definition) is 1. The molecule has 2 rings (SSSR count). The Kier molecular flexibility index (Phi) is 2.48. The van der Waals surface area contributed by atoms with Gasteiger partial charge in [0.05, 0.1) is 12.0 Å². The van der Waals surface area contributed by atoms with Gasteiger partial charge in [-0.05, 0) is 12.8 Å². The first-order chi connectivity index (χ1) is 7.12. The fourth-order valence-corrected chi connectivity index (χ4v) is 1.79. The Labute approximate surface area is 87.0 Å². The van der Waals surface area contributed by atoms with Crippen LogP contribution in [-0.4, -0.2) is 29.4 Å². The van der Waals surface area contributed by atoms with Gasteiger partial charge in [-0.15, -0.1) is 0 Å². The van der Waals surface area contributed by atoms with Crippen molar-refractivity contribution in [2.45, 2.75) is 25.2 Å². The lowest BCUT2D eigenvalue weighted by Crippen LogP contribution is -2.32. The Morgan fingerprint density at radius 1 is 1.67 bits per heavy atom. The molecule has 0 amide bonds. The van der Waals surface area contributed by atoms with Crippen molar-refractivity contribution in [1.29, 1.82) is 0 Å². The third-order valence-corrected chi connectivity index (χ3v) is 2.76. The lowest BCUT2D eigenvalue weighted by molar-refractivity contribution is 0.0304. The van der Waals surface area contributed by atoms with E-state index in [1.807, 2.05) is 6.92 Å². The van der Waals surface area contributed by atoms with Crippen molar-refractivity contribution in [3.8, 4) is 0 Å². The second-order valence-electron chi connectivity index (χ2n) is 4.10. The van der Waals surface area contributed by atoms with Crippen molar-refractivity contribution in [2.24, 2.45) is 0 Å². The van der Waals surface area contributed by atoms with Crippen molar-refractivity contribution >= 4 is 5.97 Å². The standard InChI is InChI=1S/C10H13NO4/c1-10(3-2-4-14-6-10)8-5-7(9(12)13)11-15-8/h5H,2-4,6H2,1H3,(H,12,13). The Hall–Kier alpha value is -1.36. The van der Waals surface area contributed by atoms with E-state index < -0.39 is 5.97 Å². The molecule has 0 bridgehead atoms. The Morgan fingerprint density at radius 3 is 3.00 bits per heavy atom. The number of ether oxygens (including phenoxy) is 1. The third-order valence-electron chi connectivity index (χ3n) is 2.76. The van der Waals surface area contributed by atoms with E-state index in [0.29, 0.717) is 12.4 Å². The molecule has 0 aromatic carbocycles. The third kappa shape index (κ3) is 1.87. The maximum absolute atomic E-state index is 10.6. The highest BCUT2D eigenvalue weighted by atomic mass is 16.5. The van der Waals surface area contributed by atoms with E-state index in [9.17, 15) is 4.79 Å². The number of aromatic carboxylic acids is 1. The summed E-state index contributed by atoms with van der Waals surface area (Å²) in [6, 6.07) is 1.48. The first kappa shape index (κ1) is 10.2. The maximum Gasteiger partial charge on any atom is 0.358 e. The van der Waals surface area contributed by atoms with Crippen LogP contribution < -0.4 is 0 Å². The van der Waals surface area contributed by atoms with E-state index in [1.54, 1.807) is 0 Å². The predicted molar refractivity (Wildman–Crippen MR) is 50.9 cm³/mol. The van der Waals surface area contributed by atoms with Crippen LogP contribution in [0.3, 0.4) is 0 Å². The summed E-state index contributed by atoms with van der Waals surface area (Å²) in [6.07, 6.45) is 1.89. The average molecular weight is 211 g/mol. The Morgan fingerprint density at radius 2 is 2.47 bits per heavy atom. The van der Waals surface area contributed by atoms with Gasteiger partial charge in [-0.1, -0.05) is 12.1 Å². The number of aromatic nitrogens is 1. The van der Waals surface area contributed by atoms with Crippen LogP contribution in [0.1, 0.15) is 36.0 Å². The van der Waals surface area contributed by atoms with Crippen molar-refractivity contribution < 1.29 is 19.2 Å². The van der Waals surface area contributed by atoms with Gasteiger partial charge in [-0.25, -0.2) is 4.79 Å². The molecule has 0 spiro atoms. The Bertz CT molecular complexity index is 365. The lowest BCUT2D eigenvalue weighted by atomic mass is 9.82. The van der Waals surface area contributed by atoms with Gasteiger partial charge < -0.3 is 14.4 Å². The summed E-state index contributed by atoms with van der Waals surface area (Å²) >= 11 is 0. The molecule has 1 aliphatic heterocycles. The summed E-state index contributed by atoms with van der Waals surface area (Å²) in [6.45, 7) is 3.31. The van der Waals surface area contributed by atoms with Gasteiger partial charge in [0.2, 0.25) is 0 Å². The van der Waals surface area contributed by atoms with Crippen LogP contribution in [0.4, 0.5) is 0 Å². The summed E-state index contributed by atoms with van der Waals surface area (Å²) in [7, 11) is 0. The molecule has 1 aromatic heterocycles. The van der Waals surface area contributed by atoms with Gasteiger partial charge in [0.25, 0.3) is 0 Å². The second-order valence-corrected chi connectivity index (χ2v) is 4.10. The molecule has 15 heavy (non-hydrogen) atoms. The van der Waals surface area contributed by atoms with Gasteiger partial charge in [0.15, 0.2) is 5.69 Å². The molecule has 5 nitrogen and oxygen atoms in total. The minimum Gasteiger partial charge on any atom is -0.476 e. The first-order valence-electron chi connectivity index (χ1n) is 4.90. The van der Waals surface area contributed by atoms with E-state index in [1.165, 1.54) is 6.07 Å². The lowest BCUT2D eigenvalue weighted by Gasteiger charge is -2.30. The molecule has 1 aliphatic rings. The number of carboxylic acid groups (broad SMARTS) is 1. The smallest absolute Gasteiger partial charge is 0.358 e. The van der Waals surface area contributed by atoms with Crippen LogP contribution in [-0.2, 0) is 10.2 Å². The van der Waals surface area contributed by atoms with Crippen molar-refractivity contribution in [2.75, 3.05) is 13.2 Å². The second kappa shape index (κ2) is 3.66. The Balaban J connectivity index is 2.23. The van der Waals surface area contributed by atoms with Crippen molar-refractivity contribution in [1.82, 2.24) is 5.16 Å². The van der Waals surface area contributed by atoms with Crippen molar-refractivity contribution in [3.63, 3.8) is 0 Å². The molecule has 2 heterocycles. The summed E-state index contributed by atoms with van der Waals surface area (Å²) in [5.41, 5.74) is -0.282. The molecule has 1 atom stereocenters. The normalized spacial score (nSPS) is 26.5. The minimum absolute atomic E-state index is 0.0446. The summed E-state index contributed by atoms with van der Waals surface area (Å²) in [5, 5.41) is 12.2. The molecule has 1 N–H and O–H groups in total. The highest BCUT2D eigenvalue weighted by Gasteiger charge is 2.34. The number of carboxylic acids is 1. The summed E-state index contributed by atoms with van der Waals surface area (Å²) in [5.74, 6) is -0.468.